The number of nitrogens with zero attached hydrogens (tertiary/aromatic N) is 1. The van der Waals surface area contributed by atoms with Crippen LogP contribution >= 0.6 is 0 Å². The van der Waals surface area contributed by atoms with Gasteiger partial charge >= 0.3 is 0 Å². The predicted octanol–water partition coefficient (Wildman–Crippen LogP) is 3.43. The summed E-state index contributed by atoms with van der Waals surface area (Å²) < 4.78 is 26.5. The second kappa shape index (κ2) is 6.98. The normalized spacial score (nSPS) is 12.7. The first-order valence-corrected chi connectivity index (χ1v) is 8.75. The van der Waals surface area contributed by atoms with Crippen LogP contribution in [0.5, 0.6) is 0 Å². The van der Waals surface area contributed by atoms with Crippen molar-refractivity contribution in [1.29, 1.82) is 0 Å². The molecule has 5 heteroatoms. The Kier molecular flexibility index (Phi) is 5.23. The van der Waals surface area contributed by atoms with Crippen LogP contribution in [0.25, 0.3) is 0 Å². The Morgan fingerprint density at radius 1 is 1.13 bits per heavy atom. The maximum Gasteiger partial charge on any atom is 0.264 e. The first kappa shape index (κ1) is 17.2. The molecule has 0 bridgehead atoms. The fraction of sp³-hybridized carbons (Fsp3) is 0.222. The van der Waals surface area contributed by atoms with Crippen LogP contribution in [0.4, 0.5) is 5.69 Å². The highest BCUT2D eigenvalue weighted by Gasteiger charge is 2.21. The Morgan fingerprint density at radius 3 is 2.22 bits per heavy atom. The lowest BCUT2D eigenvalue weighted by molar-refractivity contribution is 0.181. The molecule has 1 atom stereocenters. The van der Waals surface area contributed by atoms with Gasteiger partial charge in [0.05, 0.1) is 16.7 Å². The lowest BCUT2D eigenvalue weighted by Gasteiger charge is -2.20. The Morgan fingerprint density at radius 2 is 1.70 bits per heavy atom. The topological polar surface area (TPSA) is 57.6 Å². The molecule has 2 rings (SSSR count). The quantitative estimate of drug-likeness (QED) is 0.825. The van der Waals surface area contributed by atoms with Gasteiger partial charge in [-0.25, -0.2) is 8.42 Å². The third kappa shape index (κ3) is 3.81. The maximum absolute atomic E-state index is 12.6. The largest absolute Gasteiger partial charge is 0.388 e. The first-order chi connectivity index (χ1) is 10.9. The van der Waals surface area contributed by atoms with Crippen LogP contribution in [-0.2, 0) is 10.0 Å². The second-order valence-corrected chi connectivity index (χ2v) is 7.39. The molecule has 0 aromatic heterocycles. The van der Waals surface area contributed by atoms with Crippen molar-refractivity contribution in [2.75, 3.05) is 11.4 Å². The van der Waals surface area contributed by atoms with E-state index in [1.165, 1.54) is 11.4 Å². The van der Waals surface area contributed by atoms with E-state index >= 15 is 0 Å². The van der Waals surface area contributed by atoms with Gasteiger partial charge in [-0.1, -0.05) is 35.9 Å². The number of anilines is 1. The lowest BCUT2D eigenvalue weighted by Crippen LogP contribution is -2.26. The average Bonchev–Trinajstić information content (AvgIpc) is 2.55. The molecular formula is C18H21NO3S. The van der Waals surface area contributed by atoms with E-state index in [0.29, 0.717) is 12.1 Å². The molecule has 0 aliphatic rings. The van der Waals surface area contributed by atoms with E-state index < -0.39 is 16.1 Å². The molecule has 1 unspecified atom stereocenters. The number of sulfonamides is 1. The van der Waals surface area contributed by atoms with Gasteiger partial charge in [0.15, 0.2) is 0 Å². The van der Waals surface area contributed by atoms with Crippen molar-refractivity contribution in [2.45, 2.75) is 24.3 Å². The van der Waals surface area contributed by atoms with E-state index in [-0.39, 0.29) is 4.90 Å². The standard InChI is InChI=1S/C18H21NO3S/c1-4-5-18(20)15-8-10-16(11-9-15)19(3)23(21,22)17-12-6-14(2)7-13-17/h4,6-13,18,20H,1,5H2,2-3H3. The minimum atomic E-state index is -3.60. The molecular weight excluding hydrogens is 310 g/mol. The molecule has 0 radical (unpaired) electrons. The van der Waals surface area contributed by atoms with Gasteiger partial charge in [0, 0.05) is 7.05 Å². The van der Waals surface area contributed by atoms with E-state index in [1.54, 1.807) is 54.6 Å². The van der Waals surface area contributed by atoms with Crippen molar-refractivity contribution >= 4 is 15.7 Å². The van der Waals surface area contributed by atoms with Gasteiger partial charge in [0.2, 0.25) is 0 Å². The van der Waals surface area contributed by atoms with Gasteiger partial charge < -0.3 is 5.11 Å². The van der Waals surface area contributed by atoms with Crippen molar-refractivity contribution in [3.63, 3.8) is 0 Å². The molecule has 0 heterocycles. The Hall–Kier alpha value is -2.11. The van der Waals surface area contributed by atoms with Crippen molar-refractivity contribution < 1.29 is 13.5 Å². The highest BCUT2D eigenvalue weighted by molar-refractivity contribution is 7.92. The van der Waals surface area contributed by atoms with E-state index in [2.05, 4.69) is 6.58 Å². The smallest absolute Gasteiger partial charge is 0.264 e. The van der Waals surface area contributed by atoms with Crippen LogP contribution in [0.3, 0.4) is 0 Å². The van der Waals surface area contributed by atoms with Gasteiger partial charge in [-0.15, -0.1) is 6.58 Å². The van der Waals surface area contributed by atoms with Gasteiger partial charge in [-0.05, 0) is 43.2 Å². The van der Waals surface area contributed by atoms with Crippen LogP contribution in [0, 0.1) is 6.92 Å². The van der Waals surface area contributed by atoms with Crippen molar-refractivity contribution in [3.8, 4) is 0 Å². The fourth-order valence-corrected chi connectivity index (χ4v) is 3.40. The minimum absolute atomic E-state index is 0.251. The van der Waals surface area contributed by atoms with E-state index in [1.807, 2.05) is 6.92 Å². The first-order valence-electron chi connectivity index (χ1n) is 7.31. The van der Waals surface area contributed by atoms with E-state index in [4.69, 9.17) is 0 Å². The maximum atomic E-state index is 12.6. The Bertz CT molecular complexity index is 765. The Balaban J connectivity index is 2.27. The fourth-order valence-electron chi connectivity index (χ4n) is 2.21. The summed E-state index contributed by atoms with van der Waals surface area (Å²) in [4.78, 5) is 0.251. The molecule has 0 aliphatic carbocycles. The van der Waals surface area contributed by atoms with Crippen LogP contribution in [-0.4, -0.2) is 20.6 Å². The molecule has 2 aromatic carbocycles. The van der Waals surface area contributed by atoms with Gasteiger partial charge in [-0.2, -0.15) is 0 Å². The molecule has 0 saturated heterocycles. The molecule has 23 heavy (non-hydrogen) atoms. The molecule has 0 spiro atoms. The molecule has 2 aromatic rings. The zero-order chi connectivity index (χ0) is 17.0. The van der Waals surface area contributed by atoms with E-state index in [9.17, 15) is 13.5 Å². The highest BCUT2D eigenvalue weighted by Crippen LogP contribution is 2.25. The minimum Gasteiger partial charge on any atom is -0.388 e. The lowest BCUT2D eigenvalue weighted by atomic mass is 10.1. The van der Waals surface area contributed by atoms with E-state index in [0.717, 1.165) is 11.1 Å². The van der Waals surface area contributed by atoms with Crippen LogP contribution in [0.2, 0.25) is 0 Å². The van der Waals surface area contributed by atoms with Crippen LogP contribution < -0.4 is 4.31 Å². The van der Waals surface area contributed by atoms with Crippen molar-refractivity contribution in [3.05, 3.63) is 72.3 Å². The molecule has 1 N–H and O–H groups in total. The number of benzene rings is 2. The summed E-state index contributed by atoms with van der Waals surface area (Å²) >= 11 is 0. The number of rotatable bonds is 6. The molecule has 4 nitrogen and oxygen atoms in total. The summed E-state index contributed by atoms with van der Waals surface area (Å²) in [6.07, 6.45) is 1.48. The third-order valence-corrected chi connectivity index (χ3v) is 5.51. The summed E-state index contributed by atoms with van der Waals surface area (Å²) in [5.41, 5.74) is 2.28. The summed E-state index contributed by atoms with van der Waals surface area (Å²) in [6, 6.07) is 13.6. The molecule has 0 amide bonds. The zero-order valence-electron chi connectivity index (χ0n) is 13.3. The number of aryl methyl sites for hydroxylation is 1. The summed E-state index contributed by atoms with van der Waals surface area (Å²) in [7, 11) is -2.08. The Labute approximate surface area is 137 Å². The second-order valence-electron chi connectivity index (χ2n) is 5.42. The predicted molar refractivity (Wildman–Crippen MR) is 93.0 cm³/mol. The monoisotopic (exact) mass is 331 g/mol. The summed E-state index contributed by atoms with van der Waals surface area (Å²) in [5, 5.41) is 9.91. The third-order valence-electron chi connectivity index (χ3n) is 3.71. The number of hydrogen-bond acceptors (Lipinski definition) is 3. The van der Waals surface area contributed by atoms with Gasteiger partial charge in [0.1, 0.15) is 0 Å². The molecule has 0 aliphatic heterocycles. The zero-order valence-corrected chi connectivity index (χ0v) is 14.1. The SMILES string of the molecule is C=CCC(O)c1ccc(N(C)S(=O)(=O)c2ccc(C)cc2)cc1. The molecule has 0 saturated carbocycles. The van der Waals surface area contributed by atoms with Crippen LogP contribution in [0.1, 0.15) is 23.7 Å². The number of aliphatic hydroxyl groups is 1. The van der Waals surface area contributed by atoms with Gasteiger partial charge in [0.25, 0.3) is 10.0 Å². The number of hydrogen-bond donors (Lipinski definition) is 1. The van der Waals surface area contributed by atoms with Gasteiger partial charge in [-0.3, -0.25) is 4.31 Å². The number of aliphatic hydroxyl groups excluding tert-OH is 1. The summed E-state index contributed by atoms with van der Waals surface area (Å²) in [5.74, 6) is 0. The van der Waals surface area contributed by atoms with Crippen molar-refractivity contribution in [1.82, 2.24) is 0 Å². The molecule has 0 fully saturated rings. The van der Waals surface area contributed by atoms with Crippen molar-refractivity contribution in [2.24, 2.45) is 0 Å². The molecule has 122 valence electrons. The summed E-state index contributed by atoms with van der Waals surface area (Å²) in [6.45, 7) is 5.51. The highest BCUT2D eigenvalue weighted by atomic mass is 32.2. The van der Waals surface area contributed by atoms with Crippen LogP contribution in [0.15, 0.2) is 66.1 Å². The average molecular weight is 331 g/mol.